The second-order valence-corrected chi connectivity index (χ2v) is 9.93. The molecule has 0 aliphatic carbocycles. The summed E-state index contributed by atoms with van der Waals surface area (Å²) in [7, 11) is 0. The van der Waals surface area contributed by atoms with E-state index in [2.05, 4.69) is 28.2 Å². The van der Waals surface area contributed by atoms with Crippen molar-refractivity contribution in [2.75, 3.05) is 13.1 Å². The molecule has 1 N–H and O–H groups in total. The summed E-state index contributed by atoms with van der Waals surface area (Å²) in [4.78, 5) is 15.9. The Morgan fingerprint density at radius 1 is 1.08 bits per heavy atom. The molecule has 0 amide bonds. The van der Waals surface area contributed by atoms with Gasteiger partial charge < -0.3 is 14.6 Å². The number of carbonyl (C=O) groups is 1. The first kappa shape index (κ1) is 23.8. The summed E-state index contributed by atoms with van der Waals surface area (Å²) in [5.41, 5.74) is 5.89. The number of piperidine rings is 1. The van der Waals surface area contributed by atoms with E-state index in [9.17, 15) is 10.1 Å². The number of ether oxygens (including phenoxy) is 1. The van der Waals surface area contributed by atoms with Crippen LogP contribution in [0.1, 0.15) is 37.8 Å². The standard InChI is InChI=1S/C30H30N4O2/c1-30(2,36-20-35)25-9-7-24(8-10-25)29-28(23-5-3-21(17-31)4-6-23)26-13-16-34(27(26)18-33-29)19-22-11-14-32-15-12-22/h3-10,13,16,18,20,22,32H,11-12,14-15,19H2,1-2H3. The molecule has 1 aliphatic heterocycles. The number of nitriles is 1. The summed E-state index contributed by atoms with van der Waals surface area (Å²) < 4.78 is 7.60. The second kappa shape index (κ2) is 9.96. The fourth-order valence-electron chi connectivity index (χ4n) is 5.10. The van der Waals surface area contributed by atoms with Crippen molar-refractivity contribution < 1.29 is 9.53 Å². The van der Waals surface area contributed by atoms with Crippen molar-refractivity contribution >= 4 is 17.4 Å². The molecule has 0 radical (unpaired) electrons. The maximum atomic E-state index is 10.9. The molecule has 0 bridgehead atoms. The van der Waals surface area contributed by atoms with Crippen LogP contribution in [0.2, 0.25) is 0 Å². The minimum atomic E-state index is -0.709. The molecule has 6 nitrogen and oxygen atoms in total. The van der Waals surface area contributed by atoms with Crippen LogP contribution in [0.5, 0.6) is 0 Å². The zero-order valence-corrected chi connectivity index (χ0v) is 20.7. The molecule has 0 spiro atoms. The van der Waals surface area contributed by atoms with Gasteiger partial charge in [0, 0.05) is 29.3 Å². The summed E-state index contributed by atoms with van der Waals surface area (Å²) in [6.45, 7) is 7.36. The third-order valence-corrected chi connectivity index (χ3v) is 7.24. The zero-order chi connectivity index (χ0) is 25.1. The van der Waals surface area contributed by atoms with Gasteiger partial charge in [-0.15, -0.1) is 0 Å². The highest BCUT2D eigenvalue weighted by Gasteiger charge is 2.23. The quantitative estimate of drug-likeness (QED) is 0.347. The Bertz CT molecular complexity index is 1410. The van der Waals surface area contributed by atoms with E-state index < -0.39 is 5.60 Å². The molecule has 1 aliphatic rings. The normalized spacial score (nSPS) is 14.5. The fraction of sp³-hybridized carbons (Fsp3) is 0.300. The van der Waals surface area contributed by atoms with Gasteiger partial charge in [-0.05, 0) is 75.0 Å². The lowest BCUT2D eigenvalue weighted by Gasteiger charge is -2.24. The van der Waals surface area contributed by atoms with Crippen molar-refractivity contribution in [3.05, 3.63) is 78.1 Å². The molecule has 1 saturated heterocycles. The molecule has 182 valence electrons. The largest absolute Gasteiger partial charge is 0.457 e. The van der Waals surface area contributed by atoms with Crippen molar-refractivity contribution in [2.45, 2.75) is 38.8 Å². The number of carbonyl (C=O) groups excluding carboxylic acids is 1. The topological polar surface area (TPSA) is 79.9 Å². The number of nitrogens with one attached hydrogen (secondary N) is 1. The third kappa shape index (κ3) is 4.62. The molecule has 0 atom stereocenters. The molecule has 1 fully saturated rings. The van der Waals surface area contributed by atoms with Gasteiger partial charge in [-0.1, -0.05) is 36.4 Å². The highest BCUT2D eigenvalue weighted by atomic mass is 16.5. The smallest absolute Gasteiger partial charge is 0.293 e. The van der Waals surface area contributed by atoms with E-state index in [1.165, 1.54) is 12.8 Å². The summed E-state index contributed by atoms with van der Waals surface area (Å²) in [6, 6.07) is 20.1. The summed E-state index contributed by atoms with van der Waals surface area (Å²) in [5, 5.41) is 13.9. The molecule has 2 aromatic heterocycles. The van der Waals surface area contributed by atoms with Crippen LogP contribution in [-0.4, -0.2) is 29.1 Å². The molecular formula is C30H30N4O2. The highest BCUT2D eigenvalue weighted by Crippen LogP contribution is 2.38. The molecule has 0 unspecified atom stereocenters. The fourth-order valence-corrected chi connectivity index (χ4v) is 5.10. The van der Waals surface area contributed by atoms with Gasteiger partial charge in [0.1, 0.15) is 5.60 Å². The summed E-state index contributed by atoms with van der Waals surface area (Å²) in [6.07, 6.45) is 6.52. The van der Waals surface area contributed by atoms with Crippen molar-refractivity contribution in [2.24, 2.45) is 5.92 Å². The van der Waals surface area contributed by atoms with Crippen LogP contribution < -0.4 is 5.32 Å². The van der Waals surface area contributed by atoms with Gasteiger partial charge in [0.25, 0.3) is 6.47 Å². The van der Waals surface area contributed by atoms with Crippen molar-refractivity contribution in [3.8, 4) is 28.5 Å². The Morgan fingerprint density at radius 2 is 1.78 bits per heavy atom. The van der Waals surface area contributed by atoms with Crippen LogP contribution in [0.15, 0.2) is 67.0 Å². The Labute approximate surface area is 211 Å². The van der Waals surface area contributed by atoms with Crippen LogP contribution in [-0.2, 0) is 21.7 Å². The Balaban J connectivity index is 1.61. The highest BCUT2D eigenvalue weighted by molar-refractivity contribution is 6.01. The van der Waals surface area contributed by atoms with E-state index in [0.717, 1.165) is 58.5 Å². The number of fused-ring (bicyclic) bond motifs is 1. The molecule has 4 aromatic rings. The molecule has 6 heteroatoms. The van der Waals surface area contributed by atoms with E-state index in [-0.39, 0.29) is 0 Å². The van der Waals surface area contributed by atoms with Crippen molar-refractivity contribution in [1.82, 2.24) is 14.9 Å². The summed E-state index contributed by atoms with van der Waals surface area (Å²) >= 11 is 0. The van der Waals surface area contributed by atoms with Crippen LogP contribution in [0.25, 0.3) is 33.3 Å². The number of rotatable bonds is 7. The maximum absolute atomic E-state index is 10.9. The van der Waals surface area contributed by atoms with Gasteiger partial charge in [-0.3, -0.25) is 9.78 Å². The number of nitrogens with zero attached hydrogens (tertiary/aromatic N) is 3. The van der Waals surface area contributed by atoms with Gasteiger partial charge >= 0.3 is 0 Å². The first-order valence-corrected chi connectivity index (χ1v) is 12.4. The zero-order valence-electron chi connectivity index (χ0n) is 20.7. The number of hydrogen-bond donors (Lipinski definition) is 1. The first-order valence-electron chi connectivity index (χ1n) is 12.4. The maximum Gasteiger partial charge on any atom is 0.293 e. The molecular weight excluding hydrogens is 448 g/mol. The first-order chi connectivity index (χ1) is 17.5. The van der Waals surface area contributed by atoms with Crippen molar-refractivity contribution in [1.29, 1.82) is 5.26 Å². The lowest BCUT2D eigenvalue weighted by Crippen LogP contribution is -2.29. The molecule has 5 rings (SSSR count). The average Bonchev–Trinajstić information content (AvgIpc) is 3.31. The van der Waals surface area contributed by atoms with Crippen LogP contribution in [0.4, 0.5) is 0 Å². The number of benzene rings is 2. The number of pyridine rings is 1. The van der Waals surface area contributed by atoms with Crippen LogP contribution in [0.3, 0.4) is 0 Å². The lowest BCUT2D eigenvalue weighted by molar-refractivity contribution is -0.141. The van der Waals surface area contributed by atoms with Gasteiger partial charge in [0.05, 0.1) is 29.0 Å². The monoisotopic (exact) mass is 478 g/mol. The molecule has 0 saturated carbocycles. The third-order valence-electron chi connectivity index (χ3n) is 7.24. The predicted molar refractivity (Wildman–Crippen MR) is 141 cm³/mol. The SMILES string of the molecule is CC(C)(OC=O)c1ccc(-c2ncc3c(ccn3CC3CCNCC3)c2-c2ccc(C#N)cc2)cc1. The minimum Gasteiger partial charge on any atom is -0.457 e. The Hall–Kier alpha value is -3.95. The summed E-state index contributed by atoms with van der Waals surface area (Å²) in [5.74, 6) is 0.657. The second-order valence-electron chi connectivity index (χ2n) is 9.93. The molecule has 36 heavy (non-hydrogen) atoms. The molecule has 3 heterocycles. The van der Waals surface area contributed by atoms with Gasteiger partial charge in [0.2, 0.25) is 0 Å². The van der Waals surface area contributed by atoms with E-state index in [1.807, 2.05) is 68.6 Å². The number of hydrogen-bond acceptors (Lipinski definition) is 5. The Morgan fingerprint density at radius 3 is 2.44 bits per heavy atom. The molecule has 2 aromatic carbocycles. The van der Waals surface area contributed by atoms with E-state index in [0.29, 0.717) is 18.0 Å². The van der Waals surface area contributed by atoms with Gasteiger partial charge in [0.15, 0.2) is 0 Å². The lowest BCUT2D eigenvalue weighted by atomic mass is 9.93. The van der Waals surface area contributed by atoms with Gasteiger partial charge in [-0.2, -0.15) is 5.26 Å². The van der Waals surface area contributed by atoms with Crippen LogP contribution >= 0.6 is 0 Å². The van der Waals surface area contributed by atoms with E-state index in [1.54, 1.807) is 0 Å². The predicted octanol–water partition coefficient (Wildman–Crippen LogP) is 5.65. The minimum absolute atomic E-state index is 0.487. The van der Waals surface area contributed by atoms with Crippen LogP contribution in [0, 0.1) is 17.2 Å². The Kier molecular flexibility index (Phi) is 6.58. The van der Waals surface area contributed by atoms with Crippen molar-refractivity contribution in [3.63, 3.8) is 0 Å². The van der Waals surface area contributed by atoms with E-state index >= 15 is 0 Å². The number of aromatic nitrogens is 2. The van der Waals surface area contributed by atoms with Gasteiger partial charge in [-0.25, -0.2) is 0 Å². The average molecular weight is 479 g/mol. The van der Waals surface area contributed by atoms with E-state index in [4.69, 9.17) is 9.72 Å².